The molecular formula is C21H24O6. The molecule has 0 saturated carbocycles. The summed E-state index contributed by atoms with van der Waals surface area (Å²) in [5.41, 5.74) is 2.56. The maximum atomic E-state index is 12.1. The van der Waals surface area contributed by atoms with Crippen LogP contribution in [0.5, 0.6) is 23.0 Å². The van der Waals surface area contributed by atoms with Crippen molar-refractivity contribution in [3.8, 4) is 23.0 Å². The number of ether oxygens (including phenoxy) is 5. The van der Waals surface area contributed by atoms with Crippen LogP contribution in [0.2, 0.25) is 0 Å². The van der Waals surface area contributed by atoms with E-state index in [4.69, 9.17) is 23.7 Å². The van der Waals surface area contributed by atoms with Gasteiger partial charge in [0.1, 0.15) is 18.1 Å². The summed E-state index contributed by atoms with van der Waals surface area (Å²) in [5, 5.41) is 0. The summed E-state index contributed by atoms with van der Waals surface area (Å²) < 4.78 is 26.3. The van der Waals surface area contributed by atoms with Crippen LogP contribution in [0.4, 0.5) is 0 Å². The van der Waals surface area contributed by atoms with Crippen LogP contribution in [0.1, 0.15) is 16.7 Å². The normalized spacial score (nSPS) is 10.6. The molecular weight excluding hydrogens is 348 g/mol. The second-order valence-electron chi connectivity index (χ2n) is 5.72. The van der Waals surface area contributed by atoms with Crippen molar-refractivity contribution in [1.82, 2.24) is 0 Å². The molecule has 0 aliphatic rings. The topological polar surface area (TPSA) is 63.2 Å². The fraction of sp³-hybridized carbons (Fsp3) is 0.286. The van der Waals surface area contributed by atoms with Crippen molar-refractivity contribution in [2.75, 3.05) is 28.4 Å². The first-order valence-electron chi connectivity index (χ1n) is 8.30. The molecule has 0 heterocycles. The SMILES string of the molecule is COc1cc(/C=C/C(=O)OCc2cc(OC)c(OC)cc2C)cc(OC)c1. The fourth-order valence-electron chi connectivity index (χ4n) is 2.47. The molecule has 6 heteroatoms. The van der Waals surface area contributed by atoms with Crippen molar-refractivity contribution in [3.05, 3.63) is 53.1 Å². The van der Waals surface area contributed by atoms with E-state index >= 15 is 0 Å². The lowest BCUT2D eigenvalue weighted by Gasteiger charge is -2.12. The number of hydrogen-bond acceptors (Lipinski definition) is 6. The Morgan fingerprint density at radius 2 is 1.44 bits per heavy atom. The first-order valence-corrected chi connectivity index (χ1v) is 8.30. The third kappa shape index (κ3) is 5.41. The molecule has 0 atom stereocenters. The highest BCUT2D eigenvalue weighted by molar-refractivity contribution is 5.87. The van der Waals surface area contributed by atoms with E-state index in [1.165, 1.54) is 6.08 Å². The highest BCUT2D eigenvalue weighted by Crippen LogP contribution is 2.30. The van der Waals surface area contributed by atoms with Crippen LogP contribution in [-0.2, 0) is 16.1 Å². The molecule has 0 fully saturated rings. The smallest absolute Gasteiger partial charge is 0.331 e. The van der Waals surface area contributed by atoms with Gasteiger partial charge in [-0.25, -0.2) is 4.79 Å². The first-order chi connectivity index (χ1) is 13.0. The molecule has 144 valence electrons. The molecule has 0 saturated heterocycles. The van der Waals surface area contributed by atoms with E-state index < -0.39 is 5.97 Å². The first kappa shape index (κ1) is 20.2. The van der Waals surface area contributed by atoms with E-state index in [0.29, 0.717) is 23.0 Å². The lowest BCUT2D eigenvalue weighted by atomic mass is 10.1. The molecule has 0 bridgehead atoms. The molecule has 27 heavy (non-hydrogen) atoms. The van der Waals surface area contributed by atoms with Crippen molar-refractivity contribution in [2.45, 2.75) is 13.5 Å². The molecule has 0 unspecified atom stereocenters. The summed E-state index contributed by atoms with van der Waals surface area (Å²) in [6.45, 7) is 2.06. The highest BCUT2D eigenvalue weighted by atomic mass is 16.5. The van der Waals surface area contributed by atoms with Gasteiger partial charge in [0.2, 0.25) is 0 Å². The minimum atomic E-state index is -0.453. The molecule has 2 aromatic carbocycles. The lowest BCUT2D eigenvalue weighted by Crippen LogP contribution is -2.03. The van der Waals surface area contributed by atoms with E-state index in [-0.39, 0.29) is 6.61 Å². The molecule has 0 spiro atoms. The Bertz CT molecular complexity index is 803. The van der Waals surface area contributed by atoms with Crippen molar-refractivity contribution >= 4 is 12.0 Å². The lowest BCUT2D eigenvalue weighted by molar-refractivity contribution is -0.138. The number of rotatable bonds is 8. The Morgan fingerprint density at radius 1 is 0.852 bits per heavy atom. The summed E-state index contributed by atoms with van der Waals surface area (Å²) in [6.07, 6.45) is 3.01. The molecule has 0 amide bonds. The van der Waals surface area contributed by atoms with Crippen molar-refractivity contribution in [3.63, 3.8) is 0 Å². The maximum Gasteiger partial charge on any atom is 0.331 e. The van der Waals surface area contributed by atoms with Crippen molar-refractivity contribution < 1.29 is 28.5 Å². The zero-order valence-electron chi connectivity index (χ0n) is 16.2. The van der Waals surface area contributed by atoms with Crippen LogP contribution in [0.3, 0.4) is 0 Å². The van der Waals surface area contributed by atoms with Crippen molar-refractivity contribution in [1.29, 1.82) is 0 Å². The number of carbonyl (C=O) groups excluding carboxylic acids is 1. The predicted octanol–water partition coefficient (Wildman–Crippen LogP) is 3.79. The Labute approximate surface area is 159 Å². The van der Waals surface area contributed by atoms with Gasteiger partial charge in [-0.3, -0.25) is 0 Å². The summed E-state index contributed by atoms with van der Waals surface area (Å²) in [4.78, 5) is 12.1. The highest BCUT2D eigenvalue weighted by Gasteiger charge is 2.10. The molecule has 2 aromatic rings. The number of benzene rings is 2. The average Bonchev–Trinajstić information content (AvgIpc) is 2.70. The summed E-state index contributed by atoms with van der Waals surface area (Å²) in [6, 6.07) is 9.00. The number of aryl methyl sites for hydroxylation is 1. The largest absolute Gasteiger partial charge is 0.497 e. The maximum absolute atomic E-state index is 12.1. The Kier molecular flexibility index (Phi) is 7.11. The van der Waals surface area contributed by atoms with Gasteiger partial charge >= 0.3 is 5.97 Å². The minimum absolute atomic E-state index is 0.136. The second-order valence-corrected chi connectivity index (χ2v) is 5.72. The summed E-state index contributed by atoms with van der Waals surface area (Å²) in [5.74, 6) is 2.06. The van der Waals surface area contributed by atoms with Gasteiger partial charge in [-0.2, -0.15) is 0 Å². The monoisotopic (exact) mass is 372 g/mol. The third-order valence-electron chi connectivity index (χ3n) is 4.00. The molecule has 6 nitrogen and oxygen atoms in total. The molecule has 0 aliphatic heterocycles. The minimum Gasteiger partial charge on any atom is -0.497 e. The summed E-state index contributed by atoms with van der Waals surface area (Å²) in [7, 11) is 6.29. The van der Waals surface area contributed by atoms with E-state index in [0.717, 1.165) is 16.7 Å². The van der Waals surface area contributed by atoms with Crippen molar-refractivity contribution in [2.24, 2.45) is 0 Å². The van der Waals surface area contributed by atoms with Gasteiger partial charge in [-0.15, -0.1) is 0 Å². The molecule has 0 aromatic heterocycles. The quantitative estimate of drug-likeness (QED) is 0.519. The zero-order valence-corrected chi connectivity index (χ0v) is 16.2. The van der Waals surface area contributed by atoms with E-state index in [9.17, 15) is 4.79 Å². The zero-order chi connectivity index (χ0) is 19.8. The molecule has 0 N–H and O–H groups in total. The fourth-order valence-corrected chi connectivity index (χ4v) is 2.47. The van der Waals surface area contributed by atoms with Gasteiger partial charge in [-0.05, 0) is 54.0 Å². The van der Waals surface area contributed by atoms with Crippen LogP contribution < -0.4 is 18.9 Å². The van der Waals surface area contributed by atoms with Gasteiger partial charge in [0, 0.05) is 12.1 Å². The van der Waals surface area contributed by atoms with Gasteiger partial charge in [-0.1, -0.05) is 0 Å². The van der Waals surface area contributed by atoms with E-state index in [1.54, 1.807) is 58.8 Å². The Balaban J connectivity index is 2.05. The summed E-state index contributed by atoms with van der Waals surface area (Å²) >= 11 is 0. The van der Waals surface area contributed by atoms with Gasteiger partial charge in [0.25, 0.3) is 0 Å². The molecule has 0 radical (unpaired) electrons. The predicted molar refractivity (Wildman–Crippen MR) is 103 cm³/mol. The third-order valence-corrected chi connectivity index (χ3v) is 4.00. The van der Waals surface area contributed by atoms with E-state index in [2.05, 4.69) is 0 Å². The van der Waals surface area contributed by atoms with Crippen LogP contribution in [0.25, 0.3) is 6.08 Å². The number of carbonyl (C=O) groups is 1. The van der Waals surface area contributed by atoms with Crippen LogP contribution >= 0.6 is 0 Å². The van der Waals surface area contributed by atoms with Gasteiger partial charge in [0.15, 0.2) is 11.5 Å². The van der Waals surface area contributed by atoms with Crippen LogP contribution in [-0.4, -0.2) is 34.4 Å². The van der Waals surface area contributed by atoms with E-state index in [1.807, 2.05) is 13.0 Å². The number of esters is 1. The van der Waals surface area contributed by atoms with Crippen LogP contribution in [0, 0.1) is 6.92 Å². The average molecular weight is 372 g/mol. The molecule has 0 aliphatic carbocycles. The standard InChI is InChI=1S/C21H24O6/c1-14-8-19(25-4)20(26-5)11-16(14)13-27-21(22)7-6-15-9-17(23-2)12-18(10-15)24-3/h6-12H,13H2,1-5H3/b7-6+. The number of hydrogen-bond donors (Lipinski definition) is 0. The Morgan fingerprint density at radius 3 is 2.00 bits per heavy atom. The number of methoxy groups -OCH3 is 4. The second kappa shape index (κ2) is 9.52. The van der Waals surface area contributed by atoms with Gasteiger partial charge < -0.3 is 23.7 Å². The molecule has 2 rings (SSSR count). The van der Waals surface area contributed by atoms with Crippen LogP contribution in [0.15, 0.2) is 36.4 Å². The Hall–Kier alpha value is -3.15. The van der Waals surface area contributed by atoms with Gasteiger partial charge in [0.05, 0.1) is 28.4 Å².